The molecule has 1 aliphatic rings. The number of halogens is 3. The standard InChI is InChI=1S/C32H32F3N3O6/c33-32(34,35)31(41,21-36-16-14-25(15-17-36)44-29-9-5-4-8-23(29)10-13-30(39)40)27-20-37(19-22-6-2-1-3-7-22)28-18-24(38(42)43)11-12-26(27)28/h1-9,11-12,18,20,25,41H,10,13-17,19,21H2,(H,39,40). The first-order valence-corrected chi connectivity index (χ1v) is 14.2. The minimum Gasteiger partial charge on any atom is -0.490 e. The first-order chi connectivity index (χ1) is 20.9. The summed E-state index contributed by atoms with van der Waals surface area (Å²) in [6.07, 6.45) is -3.03. The third-order valence-corrected chi connectivity index (χ3v) is 8.05. The molecule has 1 fully saturated rings. The first-order valence-electron chi connectivity index (χ1n) is 14.2. The van der Waals surface area contributed by atoms with Gasteiger partial charge in [-0.2, -0.15) is 13.2 Å². The van der Waals surface area contributed by atoms with Gasteiger partial charge in [0.15, 0.2) is 0 Å². The van der Waals surface area contributed by atoms with Crippen LogP contribution in [-0.2, 0) is 23.4 Å². The fraction of sp³-hybridized carbons (Fsp3) is 0.344. The molecule has 12 heteroatoms. The maximum Gasteiger partial charge on any atom is 0.422 e. The number of rotatable bonds is 11. The van der Waals surface area contributed by atoms with Crippen LogP contribution in [0.15, 0.2) is 79.0 Å². The summed E-state index contributed by atoms with van der Waals surface area (Å²) in [5.41, 5.74) is -2.13. The smallest absolute Gasteiger partial charge is 0.422 e. The molecule has 5 rings (SSSR count). The number of aliphatic hydroxyl groups is 1. The largest absolute Gasteiger partial charge is 0.490 e. The third kappa shape index (κ3) is 6.71. The minimum absolute atomic E-state index is 0.0516. The van der Waals surface area contributed by atoms with Crippen molar-refractivity contribution >= 4 is 22.6 Å². The molecule has 0 spiro atoms. The van der Waals surface area contributed by atoms with Gasteiger partial charge in [0, 0.05) is 61.9 Å². The number of fused-ring (bicyclic) bond motifs is 1. The highest BCUT2D eigenvalue weighted by Crippen LogP contribution is 2.44. The number of ether oxygens (including phenoxy) is 1. The Morgan fingerprint density at radius 3 is 2.36 bits per heavy atom. The summed E-state index contributed by atoms with van der Waals surface area (Å²) in [6, 6.07) is 19.7. The van der Waals surface area contributed by atoms with E-state index in [2.05, 4.69) is 0 Å². The van der Waals surface area contributed by atoms with Crippen LogP contribution < -0.4 is 4.74 Å². The molecule has 1 atom stereocenters. The van der Waals surface area contributed by atoms with Gasteiger partial charge in [-0.05, 0) is 42.5 Å². The van der Waals surface area contributed by atoms with Crippen LogP contribution in [0.25, 0.3) is 10.9 Å². The van der Waals surface area contributed by atoms with Gasteiger partial charge in [-0.15, -0.1) is 0 Å². The zero-order valence-electron chi connectivity index (χ0n) is 23.7. The Morgan fingerprint density at radius 2 is 1.70 bits per heavy atom. The van der Waals surface area contributed by atoms with Crippen LogP contribution in [0.5, 0.6) is 5.75 Å². The number of hydrogen-bond donors (Lipinski definition) is 2. The van der Waals surface area contributed by atoms with Crippen molar-refractivity contribution in [2.75, 3.05) is 19.6 Å². The molecule has 4 aromatic rings. The highest BCUT2D eigenvalue weighted by atomic mass is 19.4. The van der Waals surface area contributed by atoms with Gasteiger partial charge in [-0.25, -0.2) is 0 Å². The average molecular weight is 612 g/mol. The number of aliphatic carboxylic acids is 1. The minimum atomic E-state index is -5.04. The van der Waals surface area contributed by atoms with Crippen molar-refractivity contribution in [1.82, 2.24) is 9.47 Å². The highest BCUT2D eigenvalue weighted by molar-refractivity contribution is 5.87. The van der Waals surface area contributed by atoms with E-state index in [1.807, 2.05) is 6.07 Å². The van der Waals surface area contributed by atoms with Crippen LogP contribution >= 0.6 is 0 Å². The molecular weight excluding hydrogens is 579 g/mol. The van der Waals surface area contributed by atoms with E-state index < -0.39 is 29.2 Å². The number of aryl methyl sites for hydroxylation is 1. The molecule has 1 saturated heterocycles. The molecule has 0 amide bonds. The topological polar surface area (TPSA) is 118 Å². The molecule has 9 nitrogen and oxygen atoms in total. The maximum atomic E-state index is 14.8. The summed E-state index contributed by atoms with van der Waals surface area (Å²) in [6.45, 7) is -0.105. The molecule has 1 aliphatic heterocycles. The van der Waals surface area contributed by atoms with E-state index >= 15 is 0 Å². The quantitative estimate of drug-likeness (QED) is 0.160. The number of piperidine rings is 1. The molecule has 0 bridgehead atoms. The predicted octanol–water partition coefficient (Wildman–Crippen LogP) is 5.91. The number of hydrogen-bond acceptors (Lipinski definition) is 6. The second kappa shape index (κ2) is 12.7. The lowest BCUT2D eigenvalue weighted by atomic mass is 9.91. The van der Waals surface area contributed by atoms with Crippen molar-refractivity contribution in [2.45, 2.75) is 50.1 Å². The lowest BCUT2D eigenvalue weighted by Gasteiger charge is -2.39. The molecule has 232 valence electrons. The summed E-state index contributed by atoms with van der Waals surface area (Å²) in [5.74, 6) is -0.369. The number of carboxylic acids is 1. The molecule has 44 heavy (non-hydrogen) atoms. The number of para-hydroxylation sites is 1. The Hall–Kier alpha value is -4.42. The Balaban J connectivity index is 1.38. The van der Waals surface area contributed by atoms with Crippen LogP contribution in [0.3, 0.4) is 0 Å². The van der Waals surface area contributed by atoms with E-state index in [0.717, 1.165) is 17.2 Å². The number of aromatic nitrogens is 1. The molecule has 1 aromatic heterocycles. The number of nitro benzene ring substituents is 1. The summed E-state index contributed by atoms with van der Waals surface area (Å²) in [4.78, 5) is 23.5. The first kappa shape index (κ1) is 31.0. The van der Waals surface area contributed by atoms with Gasteiger partial charge in [-0.3, -0.25) is 19.8 Å². The van der Waals surface area contributed by atoms with Crippen molar-refractivity contribution in [2.24, 2.45) is 0 Å². The van der Waals surface area contributed by atoms with Crippen LogP contribution in [0, 0.1) is 10.1 Å². The molecule has 1 unspecified atom stereocenters. The van der Waals surface area contributed by atoms with Gasteiger partial charge in [-0.1, -0.05) is 48.5 Å². The van der Waals surface area contributed by atoms with E-state index in [9.17, 15) is 33.2 Å². The molecule has 0 radical (unpaired) electrons. The number of β-amino-alcohol motifs (C(OH)–C–C–N with tert-alkyl or cyclic N) is 1. The Bertz CT molecular complexity index is 1630. The van der Waals surface area contributed by atoms with Crippen molar-refractivity contribution in [1.29, 1.82) is 0 Å². The second-order valence-electron chi connectivity index (χ2n) is 11.1. The van der Waals surface area contributed by atoms with Crippen LogP contribution in [-0.4, -0.2) is 62.5 Å². The lowest BCUT2D eigenvalue weighted by Crippen LogP contribution is -2.53. The number of alkyl halides is 3. The predicted molar refractivity (Wildman–Crippen MR) is 157 cm³/mol. The summed E-state index contributed by atoms with van der Waals surface area (Å²) >= 11 is 0. The van der Waals surface area contributed by atoms with E-state index in [1.54, 1.807) is 53.4 Å². The summed E-state index contributed by atoms with van der Waals surface area (Å²) < 4.78 is 52.0. The monoisotopic (exact) mass is 611 g/mol. The number of nitrogens with zero attached hydrogens (tertiary/aromatic N) is 3. The van der Waals surface area contributed by atoms with E-state index in [-0.39, 0.29) is 54.3 Å². The van der Waals surface area contributed by atoms with Gasteiger partial charge < -0.3 is 19.5 Å². The van der Waals surface area contributed by atoms with Crippen molar-refractivity contribution < 1.29 is 37.8 Å². The second-order valence-corrected chi connectivity index (χ2v) is 11.1. The number of benzene rings is 3. The number of non-ortho nitro benzene ring substituents is 1. The number of likely N-dealkylation sites (tertiary alicyclic amines) is 1. The molecule has 3 aromatic carbocycles. The Morgan fingerprint density at radius 1 is 1.02 bits per heavy atom. The molecule has 0 aliphatic carbocycles. The van der Waals surface area contributed by atoms with Gasteiger partial charge in [0.05, 0.1) is 10.4 Å². The third-order valence-electron chi connectivity index (χ3n) is 8.05. The SMILES string of the molecule is O=C(O)CCc1ccccc1OC1CCN(CC(O)(c2cn(Cc3ccccc3)c3cc([N+](=O)[O-])ccc23)C(F)(F)F)CC1. The molecule has 0 saturated carbocycles. The summed E-state index contributed by atoms with van der Waals surface area (Å²) in [5, 5.41) is 32.1. The van der Waals surface area contributed by atoms with Crippen LogP contribution in [0.1, 0.15) is 36.0 Å². The van der Waals surface area contributed by atoms with Crippen LogP contribution in [0.2, 0.25) is 0 Å². The van der Waals surface area contributed by atoms with Crippen LogP contribution in [0.4, 0.5) is 18.9 Å². The normalized spacial score (nSPS) is 16.1. The van der Waals surface area contributed by atoms with E-state index in [4.69, 9.17) is 9.84 Å². The lowest BCUT2D eigenvalue weighted by molar-refractivity contribution is -0.384. The van der Waals surface area contributed by atoms with E-state index in [1.165, 1.54) is 22.9 Å². The molecule has 2 heterocycles. The zero-order chi connectivity index (χ0) is 31.5. The van der Waals surface area contributed by atoms with Crippen molar-refractivity contribution in [3.8, 4) is 5.75 Å². The maximum absolute atomic E-state index is 14.8. The van der Waals surface area contributed by atoms with Gasteiger partial charge in [0.2, 0.25) is 5.60 Å². The van der Waals surface area contributed by atoms with Gasteiger partial charge in [0.1, 0.15) is 11.9 Å². The van der Waals surface area contributed by atoms with Gasteiger partial charge in [0.25, 0.3) is 5.69 Å². The fourth-order valence-electron chi connectivity index (χ4n) is 5.72. The average Bonchev–Trinajstić information content (AvgIpc) is 3.35. The fourth-order valence-corrected chi connectivity index (χ4v) is 5.72. The van der Waals surface area contributed by atoms with Gasteiger partial charge >= 0.3 is 12.1 Å². The highest BCUT2D eigenvalue weighted by Gasteiger charge is 2.57. The number of carbonyl (C=O) groups is 1. The van der Waals surface area contributed by atoms with Crippen molar-refractivity contribution in [3.63, 3.8) is 0 Å². The molecule has 2 N–H and O–H groups in total. The number of nitro groups is 1. The zero-order valence-corrected chi connectivity index (χ0v) is 23.7. The van der Waals surface area contributed by atoms with Crippen molar-refractivity contribution in [3.05, 3.63) is 106 Å². The Labute approximate surface area is 251 Å². The summed E-state index contributed by atoms with van der Waals surface area (Å²) in [7, 11) is 0. The number of carboxylic acid groups (broad SMARTS) is 1. The Kier molecular flexibility index (Phi) is 8.93. The van der Waals surface area contributed by atoms with E-state index in [0.29, 0.717) is 25.0 Å². The molecular formula is C32H32F3N3O6.